The molecule has 2 rings (SSSR count). The van der Waals surface area contributed by atoms with Crippen molar-refractivity contribution < 1.29 is 14.3 Å². The van der Waals surface area contributed by atoms with Crippen LogP contribution in [0, 0.1) is 0 Å². The van der Waals surface area contributed by atoms with Crippen molar-refractivity contribution in [3.8, 4) is 0 Å². The van der Waals surface area contributed by atoms with Gasteiger partial charge in [-0.15, -0.1) is 0 Å². The van der Waals surface area contributed by atoms with Crippen LogP contribution in [0.5, 0.6) is 0 Å². The molecule has 5 nitrogen and oxygen atoms in total. The lowest BCUT2D eigenvalue weighted by Gasteiger charge is -2.10. The normalized spacial score (nSPS) is 10.4. The van der Waals surface area contributed by atoms with Gasteiger partial charge in [0.25, 0.3) is 0 Å². The van der Waals surface area contributed by atoms with Gasteiger partial charge in [0.1, 0.15) is 0 Å². The second-order valence-corrected chi connectivity index (χ2v) is 6.09. The van der Waals surface area contributed by atoms with Gasteiger partial charge in [-0.2, -0.15) is 0 Å². The van der Waals surface area contributed by atoms with E-state index in [1.807, 2.05) is 6.07 Å². The second-order valence-electron chi connectivity index (χ2n) is 5.25. The fourth-order valence-corrected chi connectivity index (χ4v) is 2.73. The van der Waals surface area contributed by atoms with Crippen molar-refractivity contribution in [2.45, 2.75) is 6.42 Å². The van der Waals surface area contributed by atoms with E-state index in [9.17, 15) is 9.59 Å². The zero-order valence-electron chi connectivity index (χ0n) is 13.6. The highest BCUT2D eigenvalue weighted by Crippen LogP contribution is 2.21. The summed E-state index contributed by atoms with van der Waals surface area (Å²) in [7, 11) is 1.30. The summed E-state index contributed by atoms with van der Waals surface area (Å²) < 4.78 is 4.70. The fraction of sp³-hybridized carbons (Fsp3) is 0.222. The molecule has 7 heteroatoms. The molecule has 2 aromatic rings. The number of nitrogens with one attached hydrogen (secondary N) is 2. The summed E-state index contributed by atoms with van der Waals surface area (Å²) in [5, 5.41) is 6.93. The van der Waals surface area contributed by atoms with Crippen molar-refractivity contribution in [2.75, 3.05) is 25.5 Å². The molecule has 0 unspecified atom stereocenters. The number of amides is 1. The first-order chi connectivity index (χ1) is 12.0. The number of hydrogen-bond donors (Lipinski definition) is 2. The van der Waals surface area contributed by atoms with Crippen LogP contribution in [0.3, 0.4) is 0 Å². The van der Waals surface area contributed by atoms with E-state index in [4.69, 9.17) is 27.9 Å². The van der Waals surface area contributed by atoms with Crippen LogP contribution in [-0.2, 0) is 16.0 Å². The maximum Gasteiger partial charge on any atom is 0.339 e. The predicted molar refractivity (Wildman–Crippen MR) is 99.4 cm³/mol. The molecule has 0 aliphatic carbocycles. The second kappa shape index (κ2) is 9.42. The van der Waals surface area contributed by atoms with Crippen LogP contribution in [0.1, 0.15) is 15.9 Å². The van der Waals surface area contributed by atoms with Gasteiger partial charge < -0.3 is 15.4 Å². The van der Waals surface area contributed by atoms with Gasteiger partial charge in [0.2, 0.25) is 5.91 Å². The number of para-hydroxylation sites is 1. The monoisotopic (exact) mass is 380 g/mol. The number of halogens is 2. The topological polar surface area (TPSA) is 67.4 Å². The number of carbonyl (C=O) groups is 2. The summed E-state index contributed by atoms with van der Waals surface area (Å²) in [4.78, 5) is 23.7. The average Bonchev–Trinajstić information content (AvgIpc) is 2.60. The first kappa shape index (κ1) is 19.2. The zero-order chi connectivity index (χ0) is 18.2. The lowest BCUT2D eigenvalue weighted by Crippen LogP contribution is -2.30. The van der Waals surface area contributed by atoms with Crippen LogP contribution in [0.25, 0.3) is 0 Å². The largest absolute Gasteiger partial charge is 0.465 e. The van der Waals surface area contributed by atoms with E-state index < -0.39 is 5.97 Å². The molecular weight excluding hydrogens is 363 g/mol. The van der Waals surface area contributed by atoms with Crippen LogP contribution in [0.4, 0.5) is 5.69 Å². The average molecular weight is 381 g/mol. The van der Waals surface area contributed by atoms with Gasteiger partial charge in [0, 0.05) is 10.0 Å². The van der Waals surface area contributed by atoms with Crippen LogP contribution >= 0.6 is 23.2 Å². The number of anilines is 1. The number of carbonyl (C=O) groups excluding carboxylic acids is 2. The quantitative estimate of drug-likeness (QED) is 0.569. The van der Waals surface area contributed by atoms with Crippen molar-refractivity contribution >= 4 is 40.8 Å². The maximum absolute atomic E-state index is 12.0. The van der Waals surface area contributed by atoms with E-state index in [1.165, 1.54) is 7.11 Å². The lowest BCUT2D eigenvalue weighted by molar-refractivity contribution is -0.115. The summed E-state index contributed by atoms with van der Waals surface area (Å²) >= 11 is 12.0. The van der Waals surface area contributed by atoms with Crippen LogP contribution in [0.15, 0.2) is 42.5 Å². The van der Waals surface area contributed by atoms with E-state index >= 15 is 0 Å². The molecular formula is C18H18Cl2N2O3. The van der Waals surface area contributed by atoms with E-state index in [2.05, 4.69) is 10.6 Å². The Morgan fingerprint density at radius 3 is 2.60 bits per heavy atom. The standard InChI is InChI=1S/C18H18Cl2N2O3/c1-25-18(24)14-4-2-3-5-16(14)22-17(23)11-21-9-8-12-6-7-13(19)10-15(12)20/h2-7,10,21H,8-9,11H2,1H3,(H,22,23). The van der Waals surface area contributed by atoms with Crippen LogP contribution in [0.2, 0.25) is 10.0 Å². The summed E-state index contributed by atoms with van der Waals surface area (Å²) in [6.45, 7) is 0.689. The van der Waals surface area contributed by atoms with Gasteiger partial charge in [-0.3, -0.25) is 4.79 Å². The Balaban J connectivity index is 1.82. The Hall–Kier alpha value is -2.08. The minimum absolute atomic E-state index is 0.112. The van der Waals surface area contributed by atoms with E-state index in [0.717, 1.165) is 5.56 Å². The minimum Gasteiger partial charge on any atom is -0.465 e. The molecule has 132 valence electrons. The highest BCUT2D eigenvalue weighted by molar-refractivity contribution is 6.35. The van der Waals surface area contributed by atoms with Crippen LogP contribution in [-0.4, -0.2) is 32.1 Å². The van der Waals surface area contributed by atoms with Crippen molar-refractivity contribution in [1.82, 2.24) is 5.32 Å². The SMILES string of the molecule is COC(=O)c1ccccc1NC(=O)CNCCc1ccc(Cl)cc1Cl. The molecule has 0 atom stereocenters. The third kappa shape index (κ3) is 5.74. The van der Waals surface area contributed by atoms with E-state index in [-0.39, 0.29) is 12.5 Å². The number of rotatable bonds is 7. The highest BCUT2D eigenvalue weighted by Gasteiger charge is 2.12. The molecule has 1 amide bonds. The van der Waals surface area contributed by atoms with Gasteiger partial charge in [0.05, 0.1) is 24.9 Å². The molecule has 0 heterocycles. The molecule has 0 spiro atoms. The first-order valence-electron chi connectivity index (χ1n) is 7.63. The molecule has 0 radical (unpaired) electrons. The molecule has 0 fully saturated rings. The predicted octanol–water partition coefficient (Wildman–Crippen LogP) is 3.55. The van der Waals surface area contributed by atoms with E-state index in [0.29, 0.717) is 34.3 Å². The van der Waals surface area contributed by atoms with Crippen molar-refractivity contribution in [3.05, 3.63) is 63.6 Å². The third-order valence-corrected chi connectivity index (χ3v) is 4.07. The van der Waals surface area contributed by atoms with Gasteiger partial charge in [0.15, 0.2) is 0 Å². The number of ether oxygens (including phenoxy) is 1. The molecule has 0 saturated carbocycles. The lowest BCUT2D eigenvalue weighted by atomic mass is 10.1. The number of methoxy groups -OCH3 is 1. The molecule has 0 aliphatic rings. The molecule has 25 heavy (non-hydrogen) atoms. The Morgan fingerprint density at radius 1 is 1.12 bits per heavy atom. The maximum atomic E-state index is 12.0. The zero-order valence-corrected chi connectivity index (χ0v) is 15.2. The Morgan fingerprint density at radius 2 is 1.88 bits per heavy atom. The van der Waals surface area contributed by atoms with Crippen molar-refractivity contribution in [2.24, 2.45) is 0 Å². The van der Waals surface area contributed by atoms with Crippen LogP contribution < -0.4 is 10.6 Å². The van der Waals surface area contributed by atoms with E-state index in [1.54, 1.807) is 36.4 Å². The highest BCUT2D eigenvalue weighted by atomic mass is 35.5. The Kier molecular flexibility index (Phi) is 7.25. The molecule has 0 aromatic heterocycles. The van der Waals surface area contributed by atoms with Crippen molar-refractivity contribution in [3.63, 3.8) is 0 Å². The fourth-order valence-electron chi connectivity index (χ4n) is 2.22. The smallest absolute Gasteiger partial charge is 0.339 e. The van der Waals surface area contributed by atoms with Gasteiger partial charge in [-0.25, -0.2) is 4.79 Å². The molecule has 0 saturated heterocycles. The minimum atomic E-state index is -0.499. The van der Waals surface area contributed by atoms with Gasteiger partial charge >= 0.3 is 5.97 Å². The van der Waals surface area contributed by atoms with Gasteiger partial charge in [-0.1, -0.05) is 41.4 Å². The summed E-state index contributed by atoms with van der Waals surface area (Å²) in [6, 6.07) is 12.0. The summed E-state index contributed by atoms with van der Waals surface area (Å²) in [5.74, 6) is -0.750. The summed E-state index contributed by atoms with van der Waals surface area (Å²) in [5.41, 5.74) is 1.68. The molecule has 0 aliphatic heterocycles. The Labute approximate surface area is 156 Å². The summed E-state index contributed by atoms with van der Waals surface area (Å²) in [6.07, 6.45) is 0.669. The Bertz CT molecular complexity index is 766. The molecule has 2 aromatic carbocycles. The molecule has 0 bridgehead atoms. The number of esters is 1. The number of hydrogen-bond acceptors (Lipinski definition) is 4. The van der Waals surface area contributed by atoms with Gasteiger partial charge in [-0.05, 0) is 42.8 Å². The molecule has 2 N–H and O–H groups in total. The van der Waals surface area contributed by atoms with Crippen molar-refractivity contribution in [1.29, 1.82) is 0 Å². The third-order valence-electron chi connectivity index (χ3n) is 3.48. The number of benzene rings is 2. The first-order valence-corrected chi connectivity index (χ1v) is 8.38.